The van der Waals surface area contributed by atoms with Crippen molar-refractivity contribution in [2.24, 2.45) is 5.41 Å². The highest BCUT2D eigenvalue weighted by Crippen LogP contribution is 2.70. The zero-order valence-electron chi connectivity index (χ0n) is 14.3. The lowest BCUT2D eigenvalue weighted by atomic mass is 9.78. The molecule has 3 aromatic rings. The number of rotatable bonds is 4. The van der Waals surface area contributed by atoms with E-state index >= 15 is 0 Å². The molecule has 1 atom stereocenters. The lowest BCUT2D eigenvalue weighted by Gasteiger charge is -2.27. The van der Waals surface area contributed by atoms with Gasteiger partial charge < -0.3 is 9.47 Å². The lowest BCUT2D eigenvalue weighted by molar-refractivity contribution is 0.277. The predicted molar refractivity (Wildman–Crippen MR) is 90.8 cm³/mol. The molecule has 2 aliphatic carbocycles. The van der Waals surface area contributed by atoms with Crippen molar-refractivity contribution >= 4 is 5.65 Å². The van der Waals surface area contributed by atoms with Crippen LogP contribution in [-0.2, 0) is 0 Å². The molecule has 0 aliphatic heterocycles. The average molecular weight is 337 g/mol. The molecule has 3 heterocycles. The van der Waals surface area contributed by atoms with E-state index in [1.54, 1.807) is 19.5 Å². The molecule has 0 aromatic carbocycles. The fourth-order valence-electron chi connectivity index (χ4n) is 4.08. The van der Waals surface area contributed by atoms with Crippen LogP contribution < -0.4 is 9.47 Å². The van der Waals surface area contributed by atoms with Crippen molar-refractivity contribution in [2.75, 3.05) is 14.2 Å². The number of hydrogen-bond donors (Lipinski definition) is 0. The molecule has 7 nitrogen and oxygen atoms in total. The summed E-state index contributed by atoms with van der Waals surface area (Å²) >= 11 is 0. The SMILES string of the molecule is COc1ncc(-c2cc(C3CC34CCC4)c3nccn3n2)c(OC)n1. The standard InChI is InChI=1S/C18H19N5O2/c1-24-16-12(10-20-17(21-16)25-2)14-8-11(13-9-18(13)4-3-5-18)15-19-6-7-23(15)22-14/h6-8,10,13H,3-5,9H2,1-2H3. The monoisotopic (exact) mass is 337 g/mol. The van der Waals surface area contributed by atoms with E-state index in [9.17, 15) is 0 Å². The Hall–Kier alpha value is -2.70. The van der Waals surface area contributed by atoms with Gasteiger partial charge in [0.1, 0.15) is 0 Å². The molecule has 0 bridgehead atoms. The summed E-state index contributed by atoms with van der Waals surface area (Å²) in [4.78, 5) is 13.0. The van der Waals surface area contributed by atoms with Crippen LogP contribution in [0.2, 0.25) is 0 Å². The van der Waals surface area contributed by atoms with Gasteiger partial charge in [0, 0.05) is 24.2 Å². The van der Waals surface area contributed by atoms with Gasteiger partial charge in [0.25, 0.3) is 0 Å². The van der Waals surface area contributed by atoms with E-state index in [0.29, 0.717) is 17.2 Å². The Bertz CT molecular complexity index is 963. The molecule has 0 N–H and O–H groups in total. The molecule has 1 unspecified atom stereocenters. The van der Waals surface area contributed by atoms with E-state index in [0.717, 1.165) is 16.9 Å². The van der Waals surface area contributed by atoms with Crippen LogP contribution in [0.15, 0.2) is 24.7 Å². The Morgan fingerprint density at radius 2 is 2.08 bits per heavy atom. The molecule has 1 spiro atoms. The molecule has 5 rings (SSSR count). The van der Waals surface area contributed by atoms with E-state index < -0.39 is 0 Å². The van der Waals surface area contributed by atoms with Crippen LogP contribution >= 0.6 is 0 Å². The van der Waals surface area contributed by atoms with Crippen molar-refractivity contribution in [3.05, 3.63) is 30.2 Å². The first kappa shape index (κ1) is 14.6. The van der Waals surface area contributed by atoms with Gasteiger partial charge in [-0.2, -0.15) is 10.1 Å². The van der Waals surface area contributed by atoms with Gasteiger partial charge in [0.2, 0.25) is 5.88 Å². The zero-order valence-corrected chi connectivity index (χ0v) is 14.3. The van der Waals surface area contributed by atoms with E-state index in [1.807, 2.05) is 10.7 Å². The number of nitrogens with zero attached hydrogens (tertiary/aromatic N) is 5. The maximum Gasteiger partial charge on any atom is 0.319 e. The number of hydrogen-bond acceptors (Lipinski definition) is 6. The first-order valence-electron chi connectivity index (χ1n) is 8.54. The minimum Gasteiger partial charge on any atom is -0.480 e. The third-order valence-electron chi connectivity index (χ3n) is 5.69. The van der Waals surface area contributed by atoms with Gasteiger partial charge in [0.05, 0.1) is 25.5 Å². The van der Waals surface area contributed by atoms with Crippen LogP contribution in [0.25, 0.3) is 16.9 Å². The van der Waals surface area contributed by atoms with Gasteiger partial charge in [-0.25, -0.2) is 14.5 Å². The Kier molecular flexibility index (Phi) is 3.01. The van der Waals surface area contributed by atoms with Crippen LogP contribution in [0.5, 0.6) is 11.9 Å². The van der Waals surface area contributed by atoms with Crippen molar-refractivity contribution in [2.45, 2.75) is 31.6 Å². The van der Waals surface area contributed by atoms with Gasteiger partial charge in [-0.05, 0) is 36.7 Å². The first-order valence-corrected chi connectivity index (χ1v) is 8.54. The molecular formula is C18H19N5O2. The Morgan fingerprint density at radius 3 is 2.76 bits per heavy atom. The summed E-state index contributed by atoms with van der Waals surface area (Å²) in [6.45, 7) is 0. The molecule has 25 heavy (non-hydrogen) atoms. The van der Waals surface area contributed by atoms with E-state index in [-0.39, 0.29) is 6.01 Å². The molecule has 2 saturated carbocycles. The van der Waals surface area contributed by atoms with Crippen molar-refractivity contribution < 1.29 is 9.47 Å². The second-order valence-corrected chi connectivity index (χ2v) is 6.93. The van der Waals surface area contributed by atoms with Crippen molar-refractivity contribution in [3.8, 4) is 23.1 Å². The van der Waals surface area contributed by atoms with Gasteiger partial charge in [-0.1, -0.05) is 6.42 Å². The summed E-state index contributed by atoms with van der Waals surface area (Å²) in [7, 11) is 3.12. The molecule has 0 radical (unpaired) electrons. The third kappa shape index (κ3) is 2.11. The molecule has 3 aromatic heterocycles. The molecule has 0 amide bonds. The summed E-state index contributed by atoms with van der Waals surface area (Å²) in [5.41, 5.74) is 4.29. The summed E-state index contributed by atoms with van der Waals surface area (Å²) in [6.07, 6.45) is 10.6. The fourth-order valence-corrected chi connectivity index (χ4v) is 4.08. The number of imidazole rings is 1. The highest BCUT2D eigenvalue weighted by atomic mass is 16.5. The second kappa shape index (κ2) is 5.15. The summed E-state index contributed by atoms with van der Waals surface area (Å²) in [6, 6.07) is 2.41. The minimum absolute atomic E-state index is 0.278. The van der Waals surface area contributed by atoms with Gasteiger partial charge in [-0.15, -0.1) is 0 Å². The number of fused-ring (bicyclic) bond motifs is 1. The Labute approximate surface area is 145 Å². The normalized spacial score (nSPS) is 20.5. The van der Waals surface area contributed by atoms with Crippen LogP contribution in [0, 0.1) is 5.41 Å². The van der Waals surface area contributed by atoms with E-state index in [2.05, 4.69) is 26.1 Å². The highest BCUT2D eigenvalue weighted by molar-refractivity contribution is 5.68. The summed E-state index contributed by atoms with van der Waals surface area (Å²) in [5, 5.41) is 4.69. The van der Waals surface area contributed by atoms with Crippen molar-refractivity contribution in [3.63, 3.8) is 0 Å². The second-order valence-electron chi connectivity index (χ2n) is 6.93. The summed E-state index contributed by atoms with van der Waals surface area (Å²) < 4.78 is 12.4. The molecule has 2 fully saturated rings. The topological polar surface area (TPSA) is 74.4 Å². The quantitative estimate of drug-likeness (QED) is 0.729. The molecule has 0 saturated heterocycles. The molecule has 2 aliphatic rings. The molecular weight excluding hydrogens is 318 g/mol. The zero-order chi connectivity index (χ0) is 17.0. The van der Waals surface area contributed by atoms with Crippen molar-refractivity contribution in [1.82, 2.24) is 24.6 Å². The number of aromatic nitrogens is 5. The van der Waals surface area contributed by atoms with Crippen molar-refractivity contribution in [1.29, 1.82) is 0 Å². The number of methoxy groups -OCH3 is 2. The van der Waals surface area contributed by atoms with Crippen LogP contribution in [0.1, 0.15) is 37.2 Å². The Morgan fingerprint density at radius 1 is 1.20 bits per heavy atom. The predicted octanol–water partition coefficient (Wildman–Crippen LogP) is 2.86. The largest absolute Gasteiger partial charge is 0.480 e. The van der Waals surface area contributed by atoms with Gasteiger partial charge >= 0.3 is 6.01 Å². The Balaban J connectivity index is 1.65. The maximum atomic E-state index is 5.43. The number of ether oxygens (including phenoxy) is 2. The fraction of sp³-hybridized carbons (Fsp3) is 0.444. The lowest BCUT2D eigenvalue weighted by Crippen LogP contribution is -2.14. The van der Waals surface area contributed by atoms with Crippen LogP contribution in [-0.4, -0.2) is 38.8 Å². The third-order valence-corrected chi connectivity index (χ3v) is 5.69. The first-order chi connectivity index (χ1) is 12.2. The van der Waals surface area contributed by atoms with Crippen LogP contribution in [0.3, 0.4) is 0 Å². The van der Waals surface area contributed by atoms with E-state index in [4.69, 9.17) is 9.47 Å². The summed E-state index contributed by atoms with van der Waals surface area (Å²) in [5.74, 6) is 1.04. The average Bonchev–Trinajstić information content (AvgIpc) is 3.22. The smallest absolute Gasteiger partial charge is 0.319 e. The maximum absolute atomic E-state index is 5.43. The molecule has 128 valence electrons. The highest BCUT2D eigenvalue weighted by Gasteiger charge is 2.58. The van der Waals surface area contributed by atoms with Gasteiger partial charge in [0.15, 0.2) is 5.65 Å². The van der Waals surface area contributed by atoms with Gasteiger partial charge in [-0.3, -0.25) is 0 Å². The minimum atomic E-state index is 0.278. The molecule has 7 heteroatoms. The van der Waals surface area contributed by atoms with E-state index in [1.165, 1.54) is 38.4 Å². The van der Waals surface area contributed by atoms with Crippen LogP contribution in [0.4, 0.5) is 0 Å².